The summed E-state index contributed by atoms with van der Waals surface area (Å²) in [5.74, 6) is 0.406. The summed E-state index contributed by atoms with van der Waals surface area (Å²) >= 11 is 0. The van der Waals surface area contributed by atoms with Crippen molar-refractivity contribution in [2.45, 2.75) is 33.9 Å². The largest absolute Gasteiger partial charge is 0.369 e. The van der Waals surface area contributed by atoms with Crippen LogP contribution in [0.1, 0.15) is 19.5 Å². The van der Waals surface area contributed by atoms with Gasteiger partial charge in [0.1, 0.15) is 5.52 Å². The number of fused-ring (bicyclic) bond motifs is 1. The molecule has 98 valence electrons. The van der Waals surface area contributed by atoms with Crippen molar-refractivity contribution in [3.8, 4) is 0 Å². The van der Waals surface area contributed by atoms with Crippen LogP contribution in [-0.4, -0.2) is 31.8 Å². The SMILES string of the molecule is CCn1nc(C)c2nc(N)n(CCNC(C)=O)c21. The molecule has 18 heavy (non-hydrogen) atoms. The van der Waals surface area contributed by atoms with E-state index >= 15 is 0 Å². The lowest BCUT2D eigenvalue weighted by atomic mass is 10.4. The number of hydrogen-bond donors (Lipinski definition) is 2. The number of aryl methyl sites for hydroxylation is 2. The first-order chi connectivity index (χ1) is 8.54. The Labute approximate surface area is 105 Å². The molecule has 0 bridgehead atoms. The number of nitrogen functional groups attached to an aromatic ring is 1. The number of rotatable bonds is 4. The summed E-state index contributed by atoms with van der Waals surface area (Å²) in [6, 6.07) is 0. The lowest BCUT2D eigenvalue weighted by Gasteiger charge is -2.08. The Morgan fingerprint density at radius 1 is 1.50 bits per heavy atom. The summed E-state index contributed by atoms with van der Waals surface area (Å²) < 4.78 is 3.76. The Morgan fingerprint density at radius 3 is 2.83 bits per heavy atom. The highest BCUT2D eigenvalue weighted by molar-refractivity contribution is 5.77. The first-order valence-electron chi connectivity index (χ1n) is 5.98. The third-order valence-corrected chi connectivity index (χ3v) is 2.84. The van der Waals surface area contributed by atoms with Crippen LogP contribution in [0, 0.1) is 6.92 Å². The lowest BCUT2D eigenvalue weighted by molar-refractivity contribution is -0.118. The molecule has 0 aliphatic heterocycles. The molecular formula is C11H18N6O. The molecule has 0 aliphatic rings. The Bertz CT molecular complexity index is 582. The van der Waals surface area contributed by atoms with E-state index in [9.17, 15) is 4.79 Å². The molecule has 0 unspecified atom stereocenters. The fraction of sp³-hybridized carbons (Fsp3) is 0.545. The van der Waals surface area contributed by atoms with Crippen LogP contribution in [0.3, 0.4) is 0 Å². The predicted molar refractivity (Wildman–Crippen MR) is 69.0 cm³/mol. The second-order valence-electron chi connectivity index (χ2n) is 4.18. The van der Waals surface area contributed by atoms with Crippen molar-refractivity contribution in [2.75, 3.05) is 12.3 Å². The van der Waals surface area contributed by atoms with Crippen molar-refractivity contribution in [3.63, 3.8) is 0 Å². The van der Waals surface area contributed by atoms with Gasteiger partial charge in [-0.1, -0.05) is 0 Å². The standard InChI is InChI=1S/C11H18N6O/c1-4-17-10-9(7(2)15-17)14-11(12)16(10)6-5-13-8(3)18/h4-6H2,1-3H3,(H2,12,14)(H,13,18). The fourth-order valence-corrected chi connectivity index (χ4v) is 2.03. The van der Waals surface area contributed by atoms with E-state index in [4.69, 9.17) is 5.73 Å². The molecule has 2 aromatic heterocycles. The average molecular weight is 250 g/mol. The second kappa shape index (κ2) is 4.67. The molecule has 7 heteroatoms. The van der Waals surface area contributed by atoms with Crippen LogP contribution in [0.2, 0.25) is 0 Å². The minimum atomic E-state index is -0.0508. The molecule has 2 rings (SSSR count). The third kappa shape index (κ3) is 2.03. The highest BCUT2D eigenvalue weighted by Crippen LogP contribution is 2.20. The van der Waals surface area contributed by atoms with Crippen molar-refractivity contribution >= 4 is 23.0 Å². The number of imidazole rings is 1. The molecular weight excluding hydrogens is 232 g/mol. The zero-order chi connectivity index (χ0) is 13.3. The Kier molecular flexibility index (Phi) is 3.22. The van der Waals surface area contributed by atoms with Gasteiger partial charge in [0, 0.05) is 26.6 Å². The maximum absolute atomic E-state index is 10.9. The molecule has 0 atom stereocenters. The van der Waals surface area contributed by atoms with Gasteiger partial charge in [-0.05, 0) is 13.8 Å². The van der Waals surface area contributed by atoms with Gasteiger partial charge < -0.3 is 11.1 Å². The number of carbonyl (C=O) groups excluding carboxylic acids is 1. The number of nitrogens with one attached hydrogen (secondary N) is 1. The normalized spacial score (nSPS) is 11.1. The summed E-state index contributed by atoms with van der Waals surface area (Å²) in [6.07, 6.45) is 0. The molecule has 3 N–H and O–H groups in total. The molecule has 7 nitrogen and oxygen atoms in total. The Balaban J connectivity index is 2.36. The number of nitrogens with zero attached hydrogens (tertiary/aromatic N) is 4. The Morgan fingerprint density at radius 2 is 2.22 bits per heavy atom. The first-order valence-corrected chi connectivity index (χ1v) is 5.98. The van der Waals surface area contributed by atoms with E-state index in [0.29, 0.717) is 19.0 Å². The van der Waals surface area contributed by atoms with Crippen molar-refractivity contribution in [3.05, 3.63) is 5.69 Å². The van der Waals surface area contributed by atoms with E-state index in [-0.39, 0.29) is 5.91 Å². The van der Waals surface area contributed by atoms with E-state index in [2.05, 4.69) is 15.4 Å². The average Bonchev–Trinajstić information content (AvgIpc) is 2.78. The van der Waals surface area contributed by atoms with Crippen LogP contribution >= 0.6 is 0 Å². The monoisotopic (exact) mass is 250 g/mol. The quantitative estimate of drug-likeness (QED) is 0.815. The van der Waals surface area contributed by atoms with Gasteiger partial charge in [-0.3, -0.25) is 9.36 Å². The number of nitrogens with two attached hydrogens (primary N) is 1. The van der Waals surface area contributed by atoms with E-state index in [0.717, 1.165) is 23.4 Å². The maximum atomic E-state index is 10.9. The molecule has 0 saturated carbocycles. The predicted octanol–water partition coefficient (Wildman–Crippen LogP) is 0.279. The minimum Gasteiger partial charge on any atom is -0.369 e. The summed E-state index contributed by atoms with van der Waals surface area (Å²) in [5, 5.41) is 7.15. The van der Waals surface area contributed by atoms with Crippen molar-refractivity contribution in [1.29, 1.82) is 0 Å². The van der Waals surface area contributed by atoms with Crippen LogP contribution in [0.4, 0.5) is 5.95 Å². The summed E-state index contributed by atoms with van der Waals surface area (Å²) in [6.45, 7) is 7.31. The summed E-state index contributed by atoms with van der Waals surface area (Å²) in [4.78, 5) is 15.2. The van der Waals surface area contributed by atoms with E-state index in [1.165, 1.54) is 6.92 Å². The van der Waals surface area contributed by atoms with Crippen LogP contribution in [-0.2, 0) is 17.9 Å². The lowest BCUT2D eigenvalue weighted by Crippen LogP contribution is -2.25. The number of hydrogen-bond acceptors (Lipinski definition) is 4. The zero-order valence-electron chi connectivity index (χ0n) is 10.9. The fourth-order valence-electron chi connectivity index (χ4n) is 2.03. The smallest absolute Gasteiger partial charge is 0.216 e. The van der Waals surface area contributed by atoms with E-state index < -0.39 is 0 Å². The van der Waals surface area contributed by atoms with Gasteiger partial charge >= 0.3 is 0 Å². The van der Waals surface area contributed by atoms with Gasteiger partial charge in [0.05, 0.1) is 5.69 Å². The molecule has 0 fully saturated rings. The summed E-state index contributed by atoms with van der Waals surface area (Å²) in [7, 11) is 0. The van der Waals surface area contributed by atoms with Gasteiger partial charge in [-0.25, -0.2) is 9.67 Å². The van der Waals surface area contributed by atoms with Crippen LogP contribution in [0.5, 0.6) is 0 Å². The van der Waals surface area contributed by atoms with Crippen molar-refractivity contribution in [2.24, 2.45) is 0 Å². The van der Waals surface area contributed by atoms with Crippen molar-refractivity contribution < 1.29 is 4.79 Å². The van der Waals surface area contributed by atoms with Gasteiger partial charge in [0.25, 0.3) is 0 Å². The highest BCUT2D eigenvalue weighted by atomic mass is 16.1. The first kappa shape index (κ1) is 12.4. The van der Waals surface area contributed by atoms with Crippen LogP contribution < -0.4 is 11.1 Å². The van der Waals surface area contributed by atoms with E-state index in [1.54, 1.807) is 0 Å². The van der Waals surface area contributed by atoms with Crippen LogP contribution in [0.25, 0.3) is 11.2 Å². The minimum absolute atomic E-state index is 0.0508. The molecule has 2 heterocycles. The van der Waals surface area contributed by atoms with Crippen molar-refractivity contribution in [1.82, 2.24) is 24.6 Å². The number of aromatic nitrogens is 4. The van der Waals surface area contributed by atoms with Gasteiger partial charge in [0.15, 0.2) is 5.65 Å². The molecule has 0 radical (unpaired) electrons. The van der Waals surface area contributed by atoms with Gasteiger partial charge in [-0.15, -0.1) is 0 Å². The van der Waals surface area contributed by atoms with Gasteiger partial charge in [0.2, 0.25) is 11.9 Å². The Hall–Kier alpha value is -2.05. The second-order valence-corrected chi connectivity index (χ2v) is 4.18. The number of carbonyl (C=O) groups is 1. The van der Waals surface area contributed by atoms with E-state index in [1.807, 2.05) is 23.1 Å². The van der Waals surface area contributed by atoms with Crippen LogP contribution in [0.15, 0.2) is 0 Å². The molecule has 0 aromatic carbocycles. The topological polar surface area (TPSA) is 90.8 Å². The molecule has 2 aromatic rings. The molecule has 1 amide bonds. The zero-order valence-corrected chi connectivity index (χ0v) is 10.9. The molecule has 0 saturated heterocycles. The third-order valence-electron chi connectivity index (χ3n) is 2.84. The molecule has 0 spiro atoms. The number of amides is 1. The number of anilines is 1. The highest BCUT2D eigenvalue weighted by Gasteiger charge is 2.16. The van der Waals surface area contributed by atoms with Gasteiger partial charge in [-0.2, -0.15) is 5.10 Å². The molecule has 0 aliphatic carbocycles. The summed E-state index contributed by atoms with van der Waals surface area (Å²) in [5.41, 5.74) is 8.52. The maximum Gasteiger partial charge on any atom is 0.216 e.